The molecule has 8 nitrogen and oxygen atoms in total. The highest BCUT2D eigenvalue weighted by molar-refractivity contribution is 5.81. The lowest BCUT2D eigenvalue weighted by Gasteiger charge is -2.36. The summed E-state index contributed by atoms with van der Waals surface area (Å²) in [4.78, 5) is 34.0. The van der Waals surface area contributed by atoms with Gasteiger partial charge in [-0.15, -0.1) is 0 Å². The third-order valence-electron chi connectivity index (χ3n) is 6.65. The number of aryl methyl sites for hydroxylation is 1. The van der Waals surface area contributed by atoms with Gasteiger partial charge in [-0.25, -0.2) is 9.67 Å². The van der Waals surface area contributed by atoms with Crippen LogP contribution in [0.5, 0.6) is 0 Å². The average molecular weight is 421 g/mol. The molecule has 2 fully saturated rings. The smallest absolute Gasteiger partial charge is 0.266 e. The lowest BCUT2D eigenvalue weighted by Crippen LogP contribution is -2.46. The van der Waals surface area contributed by atoms with Crippen LogP contribution in [-0.4, -0.2) is 50.4 Å². The van der Waals surface area contributed by atoms with Crippen LogP contribution in [0.15, 0.2) is 46.4 Å². The Kier molecular flexibility index (Phi) is 5.31. The van der Waals surface area contributed by atoms with E-state index in [2.05, 4.69) is 19.9 Å². The van der Waals surface area contributed by atoms with E-state index in [1.807, 2.05) is 22.8 Å². The minimum Gasteiger partial charge on any atom is -0.369 e. The number of benzene rings is 1. The second-order valence-electron chi connectivity index (χ2n) is 8.69. The molecular weight excluding hydrogens is 392 g/mol. The SMILES string of the molecule is Cn1ncc(CN2CCN(c3ccc4c(=O)n(C5CCCC5)cnc4c3)CC2)cc1=O. The molecule has 8 heteroatoms. The van der Waals surface area contributed by atoms with Crippen molar-refractivity contribution in [3.63, 3.8) is 0 Å². The Morgan fingerprint density at radius 2 is 1.81 bits per heavy atom. The Balaban J connectivity index is 1.28. The number of hydrogen-bond donors (Lipinski definition) is 0. The van der Waals surface area contributed by atoms with Crippen molar-refractivity contribution in [2.45, 2.75) is 38.3 Å². The molecule has 0 N–H and O–H groups in total. The normalized spacial score (nSPS) is 18.2. The highest BCUT2D eigenvalue weighted by Gasteiger charge is 2.21. The van der Waals surface area contributed by atoms with Gasteiger partial charge in [0.2, 0.25) is 0 Å². The maximum absolute atomic E-state index is 12.9. The fourth-order valence-electron chi connectivity index (χ4n) is 4.78. The second-order valence-corrected chi connectivity index (χ2v) is 8.69. The molecule has 0 radical (unpaired) electrons. The summed E-state index contributed by atoms with van der Waals surface area (Å²) < 4.78 is 3.18. The Morgan fingerprint density at radius 3 is 2.55 bits per heavy atom. The molecule has 3 aromatic rings. The van der Waals surface area contributed by atoms with Gasteiger partial charge in [0.15, 0.2) is 0 Å². The number of hydrogen-bond acceptors (Lipinski definition) is 6. The van der Waals surface area contributed by atoms with Gasteiger partial charge in [-0.3, -0.25) is 19.1 Å². The van der Waals surface area contributed by atoms with E-state index in [1.165, 1.54) is 17.5 Å². The summed E-state index contributed by atoms with van der Waals surface area (Å²) in [6.07, 6.45) is 8.03. The first-order chi connectivity index (χ1) is 15.1. The third kappa shape index (κ3) is 3.99. The zero-order valence-corrected chi connectivity index (χ0v) is 17.9. The van der Waals surface area contributed by atoms with Crippen LogP contribution in [0.25, 0.3) is 10.9 Å². The van der Waals surface area contributed by atoms with Crippen molar-refractivity contribution in [3.8, 4) is 0 Å². The number of aromatic nitrogens is 4. The highest BCUT2D eigenvalue weighted by Crippen LogP contribution is 2.28. The fourth-order valence-corrected chi connectivity index (χ4v) is 4.78. The first-order valence-electron chi connectivity index (χ1n) is 11.1. The number of fused-ring (bicyclic) bond motifs is 1. The largest absolute Gasteiger partial charge is 0.369 e. The van der Waals surface area contributed by atoms with Crippen molar-refractivity contribution in [2.24, 2.45) is 7.05 Å². The van der Waals surface area contributed by atoms with Gasteiger partial charge in [-0.2, -0.15) is 5.10 Å². The topological polar surface area (TPSA) is 76.3 Å². The molecule has 1 aliphatic carbocycles. The van der Waals surface area contributed by atoms with Crippen LogP contribution < -0.4 is 16.0 Å². The van der Waals surface area contributed by atoms with Crippen LogP contribution >= 0.6 is 0 Å². The van der Waals surface area contributed by atoms with Gasteiger partial charge in [0, 0.05) is 57.6 Å². The first-order valence-corrected chi connectivity index (χ1v) is 11.1. The van der Waals surface area contributed by atoms with E-state index >= 15 is 0 Å². The van der Waals surface area contributed by atoms with Crippen LogP contribution in [0, 0.1) is 0 Å². The van der Waals surface area contributed by atoms with E-state index in [9.17, 15) is 9.59 Å². The predicted molar refractivity (Wildman–Crippen MR) is 120 cm³/mol. The molecule has 0 unspecified atom stereocenters. The summed E-state index contributed by atoms with van der Waals surface area (Å²) >= 11 is 0. The maximum Gasteiger partial charge on any atom is 0.266 e. The number of piperazine rings is 1. The molecule has 0 amide bonds. The molecule has 5 rings (SSSR count). The van der Waals surface area contributed by atoms with Crippen molar-refractivity contribution < 1.29 is 0 Å². The van der Waals surface area contributed by atoms with Gasteiger partial charge in [0.05, 0.1) is 23.4 Å². The molecule has 0 atom stereocenters. The van der Waals surface area contributed by atoms with Crippen LogP contribution in [0.3, 0.4) is 0 Å². The number of rotatable bonds is 4. The molecule has 1 saturated heterocycles. The molecule has 3 heterocycles. The van der Waals surface area contributed by atoms with Crippen LogP contribution in [-0.2, 0) is 13.6 Å². The van der Waals surface area contributed by atoms with Gasteiger partial charge in [-0.05, 0) is 36.6 Å². The Hall–Kier alpha value is -3.00. The summed E-state index contributed by atoms with van der Waals surface area (Å²) in [5.74, 6) is 0. The van der Waals surface area contributed by atoms with Crippen molar-refractivity contribution in [3.05, 3.63) is 63.1 Å². The molecule has 1 aliphatic heterocycles. The summed E-state index contributed by atoms with van der Waals surface area (Å²) in [5.41, 5.74) is 2.82. The molecule has 31 heavy (non-hydrogen) atoms. The van der Waals surface area contributed by atoms with E-state index in [4.69, 9.17) is 0 Å². The minimum atomic E-state index is -0.0770. The average Bonchev–Trinajstić information content (AvgIpc) is 3.31. The van der Waals surface area contributed by atoms with E-state index in [0.29, 0.717) is 11.4 Å². The van der Waals surface area contributed by atoms with Crippen molar-refractivity contribution >= 4 is 16.6 Å². The van der Waals surface area contributed by atoms with Crippen molar-refractivity contribution in [1.29, 1.82) is 0 Å². The molecule has 0 spiro atoms. The second kappa shape index (κ2) is 8.26. The van der Waals surface area contributed by atoms with E-state index < -0.39 is 0 Å². The maximum atomic E-state index is 12.9. The van der Waals surface area contributed by atoms with Gasteiger partial charge in [-0.1, -0.05) is 12.8 Å². The molecule has 2 aliphatic rings. The van der Waals surface area contributed by atoms with Crippen LogP contribution in [0.2, 0.25) is 0 Å². The Labute approximate surface area is 180 Å². The lowest BCUT2D eigenvalue weighted by molar-refractivity contribution is 0.249. The molecule has 162 valence electrons. The van der Waals surface area contributed by atoms with Gasteiger partial charge in [0.25, 0.3) is 11.1 Å². The standard InChI is InChI=1S/C23H28N6O2/c1-26-22(30)12-17(14-25-26)15-27-8-10-28(11-9-27)19-6-7-20-21(13-19)24-16-29(23(20)31)18-4-2-3-5-18/h6-7,12-14,16,18H,2-5,8-11,15H2,1H3. The molecule has 1 aromatic carbocycles. The van der Waals surface area contributed by atoms with Crippen molar-refractivity contribution in [2.75, 3.05) is 31.1 Å². The van der Waals surface area contributed by atoms with Gasteiger partial charge >= 0.3 is 0 Å². The van der Waals surface area contributed by atoms with E-state index in [1.54, 1.807) is 25.6 Å². The molecule has 2 aromatic heterocycles. The predicted octanol–water partition coefficient (Wildman–Crippen LogP) is 1.93. The number of anilines is 1. The van der Waals surface area contributed by atoms with E-state index in [0.717, 1.165) is 62.3 Å². The van der Waals surface area contributed by atoms with E-state index in [-0.39, 0.29) is 11.1 Å². The Morgan fingerprint density at radius 1 is 1.03 bits per heavy atom. The summed E-state index contributed by atoms with van der Waals surface area (Å²) in [6.45, 7) is 4.33. The zero-order chi connectivity index (χ0) is 21.4. The number of nitrogens with zero attached hydrogens (tertiary/aromatic N) is 6. The fraction of sp³-hybridized carbons (Fsp3) is 0.478. The third-order valence-corrected chi connectivity index (χ3v) is 6.65. The summed E-state index contributed by atoms with van der Waals surface area (Å²) in [5, 5.41) is 4.81. The molecule has 1 saturated carbocycles. The monoisotopic (exact) mass is 420 g/mol. The molecule has 0 bridgehead atoms. The van der Waals surface area contributed by atoms with Crippen LogP contribution in [0.4, 0.5) is 5.69 Å². The van der Waals surface area contributed by atoms with Gasteiger partial charge < -0.3 is 4.90 Å². The quantitative estimate of drug-likeness (QED) is 0.642. The summed E-state index contributed by atoms with van der Waals surface area (Å²) in [7, 11) is 1.66. The minimum absolute atomic E-state index is 0.0770. The lowest BCUT2D eigenvalue weighted by atomic mass is 10.1. The highest BCUT2D eigenvalue weighted by atomic mass is 16.1. The van der Waals surface area contributed by atoms with Crippen molar-refractivity contribution in [1.82, 2.24) is 24.2 Å². The van der Waals surface area contributed by atoms with Crippen LogP contribution in [0.1, 0.15) is 37.3 Å². The molecular formula is C23H28N6O2. The summed E-state index contributed by atoms with van der Waals surface area (Å²) in [6, 6.07) is 7.98. The Bertz CT molecular complexity index is 1200. The van der Waals surface area contributed by atoms with Gasteiger partial charge in [0.1, 0.15) is 0 Å². The zero-order valence-electron chi connectivity index (χ0n) is 17.9. The first kappa shape index (κ1) is 19.9.